The van der Waals surface area contributed by atoms with E-state index >= 15 is 0 Å². The van der Waals surface area contributed by atoms with Crippen LogP contribution >= 0.6 is 0 Å². The van der Waals surface area contributed by atoms with Crippen LogP contribution in [0.25, 0.3) is 10.9 Å². The normalized spacial score (nSPS) is 22.4. The zero-order chi connectivity index (χ0) is 17.9. The Morgan fingerprint density at radius 1 is 1.44 bits per heavy atom. The minimum absolute atomic E-state index is 0.0327. The molecule has 1 saturated heterocycles. The quantitative estimate of drug-likeness (QED) is 0.761. The number of hydrogen-bond acceptors (Lipinski definition) is 6. The lowest BCUT2D eigenvalue weighted by Gasteiger charge is -2.31. The number of anilines is 1. The maximum absolute atomic E-state index is 14.8. The molecule has 4 rings (SSSR count). The smallest absolute Gasteiger partial charge is 0.365 e. The van der Waals surface area contributed by atoms with Crippen LogP contribution < -0.4 is 26.6 Å². The third-order valence-corrected chi connectivity index (χ3v) is 5.03. The van der Waals surface area contributed by atoms with Gasteiger partial charge in [0.1, 0.15) is 17.8 Å². The summed E-state index contributed by atoms with van der Waals surface area (Å²) < 4.78 is 22.0. The first kappa shape index (κ1) is 15.9. The summed E-state index contributed by atoms with van der Waals surface area (Å²) in [6.45, 7) is 3.07. The van der Waals surface area contributed by atoms with E-state index in [1.165, 1.54) is 4.57 Å². The van der Waals surface area contributed by atoms with E-state index < -0.39 is 17.1 Å². The van der Waals surface area contributed by atoms with Crippen molar-refractivity contribution in [1.82, 2.24) is 9.30 Å². The molecule has 3 N–H and O–H groups in total. The van der Waals surface area contributed by atoms with Crippen molar-refractivity contribution in [2.24, 2.45) is 5.73 Å². The molecule has 1 aromatic heterocycles. The third-order valence-electron chi connectivity index (χ3n) is 5.03. The van der Waals surface area contributed by atoms with Crippen LogP contribution in [-0.4, -0.2) is 40.2 Å². The van der Waals surface area contributed by atoms with Crippen LogP contribution in [0.4, 0.5) is 10.1 Å². The highest BCUT2D eigenvalue weighted by Crippen LogP contribution is 2.42. The molecule has 2 aliphatic rings. The van der Waals surface area contributed by atoms with Crippen LogP contribution in [0.2, 0.25) is 0 Å². The van der Waals surface area contributed by atoms with E-state index in [2.05, 4.69) is 0 Å². The first-order chi connectivity index (χ1) is 11.9. The van der Waals surface area contributed by atoms with Gasteiger partial charge in [-0.3, -0.25) is 9.36 Å². The monoisotopic (exact) mass is 350 g/mol. The van der Waals surface area contributed by atoms with Gasteiger partial charge in [0, 0.05) is 19.1 Å². The molecule has 25 heavy (non-hydrogen) atoms. The number of rotatable bonds is 2. The zero-order valence-electron chi connectivity index (χ0n) is 13.7. The molecule has 3 heterocycles. The van der Waals surface area contributed by atoms with E-state index in [9.17, 15) is 19.2 Å². The minimum Gasteiger partial charge on any atom is -0.487 e. The molecule has 2 unspecified atom stereocenters. The van der Waals surface area contributed by atoms with Gasteiger partial charge >= 0.3 is 5.69 Å². The third kappa shape index (κ3) is 2.15. The molecule has 0 bridgehead atoms. The standard InChI is InChI=1S/C16H19FN4O4/c1-2-9-7-25-14-12-10(15(22)21(24)16(23)20(9)12)5-11(17)13(14)19-4-3-8(18)6-19/h5,8-9,24H,2-4,6-7,18H2,1H3. The van der Waals surface area contributed by atoms with Gasteiger partial charge in [-0.05, 0) is 18.9 Å². The molecule has 1 fully saturated rings. The van der Waals surface area contributed by atoms with Crippen molar-refractivity contribution >= 4 is 16.6 Å². The average molecular weight is 350 g/mol. The molecule has 2 aromatic rings. The molecule has 134 valence electrons. The van der Waals surface area contributed by atoms with Crippen molar-refractivity contribution < 1.29 is 14.3 Å². The second kappa shape index (κ2) is 5.48. The molecule has 1 aromatic carbocycles. The van der Waals surface area contributed by atoms with Gasteiger partial charge in [0.25, 0.3) is 5.56 Å². The lowest BCUT2D eigenvalue weighted by Crippen LogP contribution is -2.43. The van der Waals surface area contributed by atoms with Crippen LogP contribution in [-0.2, 0) is 0 Å². The summed E-state index contributed by atoms with van der Waals surface area (Å²) in [5.41, 5.74) is 4.58. The van der Waals surface area contributed by atoms with Gasteiger partial charge in [0.05, 0.1) is 11.4 Å². The summed E-state index contributed by atoms with van der Waals surface area (Å²) >= 11 is 0. The molecule has 0 amide bonds. The van der Waals surface area contributed by atoms with Crippen LogP contribution in [0, 0.1) is 5.82 Å². The molecule has 9 heteroatoms. The first-order valence-corrected chi connectivity index (χ1v) is 8.30. The Morgan fingerprint density at radius 3 is 2.84 bits per heavy atom. The second-order valence-corrected chi connectivity index (χ2v) is 6.57. The Morgan fingerprint density at radius 2 is 2.20 bits per heavy atom. The molecule has 0 saturated carbocycles. The molecular weight excluding hydrogens is 331 g/mol. The topological polar surface area (TPSA) is 103 Å². The van der Waals surface area contributed by atoms with Gasteiger partial charge < -0.3 is 20.6 Å². The molecule has 0 spiro atoms. The van der Waals surface area contributed by atoms with Crippen molar-refractivity contribution in [1.29, 1.82) is 0 Å². The van der Waals surface area contributed by atoms with E-state index in [1.807, 2.05) is 6.92 Å². The number of nitrogens with two attached hydrogens (primary N) is 1. The fourth-order valence-electron chi connectivity index (χ4n) is 3.72. The van der Waals surface area contributed by atoms with Crippen molar-refractivity contribution in [2.75, 3.05) is 24.6 Å². The van der Waals surface area contributed by atoms with Crippen LogP contribution in [0.1, 0.15) is 25.8 Å². The molecule has 0 aliphatic carbocycles. The van der Waals surface area contributed by atoms with Gasteiger partial charge in [0.2, 0.25) is 0 Å². The summed E-state index contributed by atoms with van der Waals surface area (Å²) in [5.74, 6) is -0.461. The fourth-order valence-corrected chi connectivity index (χ4v) is 3.72. The number of aromatic nitrogens is 2. The maximum atomic E-state index is 14.8. The van der Waals surface area contributed by atoms with Crippen LogP contribution in [0.3, 0.4) is 0 Å². The highest BCUT2D eigenvalue weighted by Gasteiger charge is 2.33. The Hall–Kier alpha value is -2.55. The highest BCUT2D eigenvalue weighted by molar-refractivity contribution is 5.91. The van der Waals surface area contributed by atoms with Gasteiger partial charge in [-0.1, -0.05) is 11.7 Å². The Bertz CT molecular complexity index is 983. The molecule has 0 radical (unpaired) electrons. The van der Waals surface area contributed by atoms with Gasteiger partial charge in [0.15, 0.2) is 11.6 Å². The summed E-state index contributed by atoms with van der Waals surface area (Å²) in [7, 11) is 0. The van der Waals surface area contributed by atoms with E-state index in [4.69, 9.17) is 10.5 Å². The predicted molar refractivity (Wildman–Crippen MR) is 89.2 cm³/mol. The molecule has 8 nitrogen and oxygen atoms in total. The van der Waals surface area contributed by atoms with E-state index in [1.54, 1.807) is 4.90 Å². The summed E-state index contributed by atoms with van der Waals surface area (Å²) in [5, 5.41) is 9.75. The average Bonchev–Trinajstić information content (AvgIpc) is 3.02. The first-order valence-electron chi connectivity index (χ1n) is 8.30. The van der Waals surface area contributed by atoms with Gasteiger partial charge in [-0.15, -0.1) is 0 Å². The molecule has 2 aliphatic heterocycles. The Balaban J connectivity index is 2.11. The van der Waals surface area contributed by atoms with Crippen molar-refractivity contribution in [3.8, 4) is 5.75 Å². The highest BCUT2D eigenvalue weighted by atomic mass is 19.1. The predicted octanol–water partition coefficient (Wildman–Crippen LogP) is 0.421. The molecule has 2 atom stereocenters. The number of ether oxygens (including phenoxy) is 1. The Labute approximate surface area is 141 Å². The lowest BCUT2D eigenvalue weighted by atomic mass is 10.1. The fraction of sp³-hybridized carbons (Fsp3) is 0.500. The Kier molecular flexibility index (Phi) is 3.50. The number of halogens is 1. The van der Waals surface area contributed by atoms with Gasteiger partial charge in [-0.25, -0.2) is 9.18 Å². The number of nitrogens with zero attached hydrogens (tertiary/aromatic N) is 3. The van der Waals surface area contributed by atoms with Crippen molar-refractivity contribution in [3.05, 3.63) is 32.7 Å². The van der Waals surface area contributed by atoms with Crippen molar-refractivity contribution in [2.45, 2.75) is 31.8 Å². The number of benzene rings is 1. The van der Waals surface area contributed by atoms with E-state index in [0.717, 1.165) is 12.5 Å². The minimum atomic E-state index is -0.957. The summed E-state index contributed by atoms with van der Waals surface area (Å²) in [4.78, 5) is 26.5. The number of hydrogen-bond donors (Lipinski definition) is 2. The SMILES string of the molecule is CCC1COc2c(N3CCC(N)C3)c(F)cc3c(=O)n(O)c(=O)n1c23. The van der Waals surface area contributed by atoms with E-state index in [0.29, 0.717) is 19.5 Å². The van der Waals surface area contributed by atoms with Crippen LogP contribution in [0.5, 0.6) is 5.75 Å². The van der Waals surface area contributed by atoms with E-state index in [-0.39, 0.29) is 45.8 Å². The second-order valence-electron chi connectivity index (χ2n) is 6.57. The van der Waals surface area contributed by atoms with Crippen LogP contribution in [0.15, 0.2) is 15.7 Å². The lowest BCUT2D eigenvalue weighted by molar-refractivity contribution is 0.145. The zero-order valence-corrected chi connectivity index (χ0v) is 13.7. The largest absolute Gasteiger partial charge is 0.487 e. The maximum Gasteiger partial charge on any atom is 0.365 e. The summed E-state index contributed by atoms with van der Waals surface area (Å²) in [6.07, 6.45) is 1.29. The van der Waals surface area contributed by atoms with Gasteiger partial charge in [-0.2, -0.15) is 0 Å². The molecular formula is C16H19FN4O4. The summed E-state index contributed by atoms with van der Waals surface area (Å²) in [6, 6.07) is 0.646. The van der Waals surface area contributed by atoms with Crippen molar-refractivity contribution in [3.63, 3.8) is 0 Å².